The minimum atomic E-state index is -0.809. The third kappa shape index (κ3) is 44.3. The topological polar surface area (TPSA) is 119 Å². The number of thioether (sulfide) groups is 14. The maximum atomic E-state index is 12.2. The molecule has 0 radical (unpaired) electrons. The average Bonchev–Trinajstić information content (AvgIpc) is 3.06. The Morgan fingerprint density at radius 2 is 1.13 bits per heavy atom. The van der Waals surface area contributed by atoms with Gasteiger partial charge in [0.25, 0.3) is 0 Å². The Labute approximate surface area is 343 Å². The molecule has 0 rings (SSSR count). The second-order valence-electron chi connectivity index (χ2n) is 7.78. The number of ether oxygens (including phenoxy) is 1. The predicted octanol–water partition coefficient (Wildman–Crippen LogP) is 7.84. The normalized spacial score (nSPS) is 12.0. The maximum Gasteiger partial charge on any atom is 0.315 e. The van der Waals surface area contributed by atoms with Crippen molar-refractivity contribution >= 4 is 187 Å². The van der Waals surface area contributed by atoms with Crippen molar-refractivity contribution in [1.82, 2.24) is 0 Å². The van der Waals surface area contributed by atoms with Crippen LogP contribution < -0.4 is 0 Å². The molecular formula is C24H46O8S15. The van der Waals surface area contributed by atoms with E-state index in [0.29, 0.717) is 41.5 Å². The SMILES string of the molecule is O=C(CSCSCSCCS(=O)CSCSCSCSC(=O)CSCSCSCOOCCCSCSCO)OCCSCSCO. The van der Waals surface area contributed by atoms with E-state index in [9.17, 15) is 13.8 Å². The van der Waals surface area contributed by atoms with Gasteiger partial charge in [-0.1, -0.05) is 11.8 Å². The molecule has 0 aromatic rings. The highest BCUT2D eigenvalue weighted by Gasteiger charge is 2.06. The molecule has 0 bridgehead atoms. The Kier molecular flexibility index (Phi) is 48.2. The molecule has 2 N–H and O–H groups in total. The van der Waals surface area contributed by atoms with Gasteiger partial charge >= 0.3 is 5.97 Å². The Morgan fingerprint density at radius 1 is 0.553 bits per heavy atom. The number of aliphatic hydroxyl groups excluding tert-OH is 2. The molecule has 0 amide bonds. The van der Waals surface area contributed by atoms with Crippen molar-refractivity contribution in [2.24, 2.45) is 0 Å². The smallest absolute Gasteiger partial charge is 0.315 e. The third-order valence-corrected chi connectivity index (χ3v) is 22.3. The van der Waals surface area contributed by atoms with Crippen molar-refractivity contribution in [3.8, 4) is 0 Å². The molecule has 0 aliphatic heterocycles. The zero-order valence-electron chi connectivity index (χ0n) is 26.0. The highest BCUT2D eigenvalue weighted by atomic mass is 32.3. The van der Waals surface area contributed by atoms with Crippen molar-refractivity contribution in [3.63, 3.8) is 0 Å². The first-order chi connectivity index (χ1) is 23.1. The number of esters is 1. The van der Waals surface area contributed by atoms with Crippen molar-refractivity contribution in [1.29, 1.82) is 0 Å². The summed E-state index contributed by atoms with van der Waals surface area (Å²) in [5.74, 6) is 4.84. The summed E-state index contributed by atoms with van der Waals surface area (Å²) < 4.78 is 17.4. The number of hydrogen-bond donors (Lipinski definition) is 2. The quantitative estimate of drug-likeness (QED) is 0.0205. The molecule has 8 nitrogen and oxygen atoms in total. The number of rotatable bonds is 39. The van der Waals surface area contributed by atoms with Crippen LogP contribution in [0.25, 0.3) is 0 Å². The first-order valence-corrected chi connectivity index (χ1v) is 31.2. The van der Waals surface area contributed by atoms with Crippen LogP contribution >= 0.6 is 165 Å². The number of hydrogen-bond acceptors (Lipinski definition) is 22. The van der Waals surface area contributed by atoms with E-state index >= 15 is 0 Å². The lowest BCUT2D eigenvalue weighted by atomic mass is 10.5. The van der Waals surface area contributed by atoms with E-state index in [4.69, 9.17) is 24.7 Å². The molecular weight excluding hydrogens is 897 g/mol. The molecule has 47 heavy (non-hydrogen) atoms. The van der Waals surface area contributed by atoms with Crippen LogP contribution in [0.2, 0.25) is 0 Å². The minimum Gasteiger partial charge on any atom is -0.464 e. The van der Waals surface area contributed by atoms with Gasteiger partial charge in [-0.05, 0) is 12.2 Å². The summed E-state index contributed by atoms with van der Waals surface area (Å²) in [7, 11) is -0.809. The van der Waals surface area contributed by atoms with E-state index < -0.39 is 10.8 Å². The molecule has 0 saturated carbocycles. The largest absolute Gasteiger partial charge is 0.464 e. The lowest BCUT2D eigenvalue weighted by Gasteiger charge is -2.05. The van der Waals surface area contributed by atoms with Gasteiger partial charge in [0.1, 0.15) is 12.5 Å². The predicted molar refractivity (Wildman–Crippen MR) is 239 cm³/mol. The van der Waals surface area contributed by atoms with Gasteiger partial charge in [0.2, 0.25) is 0 Å². The van der Waals surface area contributed by atoms with Gasteiger partial charge in [-0.15, -0.1) is 129 Å². The van der Waals surface area contributed by atoms with Crippen molar-refractivity contribution in [2.75, 3.05) is 116 Å². The van der Waals surface area contributed by atoms with Gasteiger partial charge < -0.3 is 14.9 Å². The summed E-state index contributed by atoms with van der Waals surface area (Å²) in [5.41, 5.74) is 0. The number of carbonyl (C=O) groups excluding carboxylic acids is 2. The Bertz CT molecular complexity index is 721. The van der Waals surface area contributed by atoms with Crippen LogP contribution in [-0.4, -0.2) is 142 Å². The Balaban J connectivity index is 3.30. The van der Waals surface area contributed by atoms with Crippen molar-refractivity contribution < 1.29 is 38.5 Å². The van der Waals surface area contributed by atoms with Gasteiger partial charge in [-0.2, -0.15) is 23.5 Å². The van der Waals surface area contributed by atoms with E-state index in [0.717, 1.165) is 69.4 Å². The molecule has 1 atom stereocenters. The lowest BCUT2D eigenvalue weighted by molar-refractivity contribution is -0.278. The molecule has 0 fully saturated rings. The van der Waals surface area contributed by atoms with E-state index in [2.05, 4.69) is 0 Å². The summed E-state index contributed by atoms with van der Waals surface area (Å²) in [6.07, 6.45) is 0.930. The molecule has 0 aliphatic carbocycles. The summed E-state index contributed by atoms with van der Waals surface area (Å²) in [4.78, 5) is 34.0. The fourth-order valence-corrected chi connectivity index (χ4v) is 18.3. The van der Waals surface area contributed by atoms with E-state index in [-0.39, 0.29) is 23.0 Å². The Hall–Kier alpha value is 4.03. The first-order valence-electron chi connectivity index (χ1n) is 13.7. The molecule has 23 heteroatoms. The minimum absolute atomic E-state index is 0.118. The van der Waals surface area contributed by atoms with Crippen LogP contribution in [0.4, 0.5) is 0 Å². The molecule has 280 valence electrons. The van der Waals surface area contributed by atoms with Gasteiger partial charge in [-0.3, -0.25) is 13.8 Å². The third-order valence-electron chi connectivity index (χ3n) is 4.15. The highest BCUT2D eigenvalue weighted by molar-refractivity contribution is 8.30. The van der Waals surface area contributed by atoms with Gasteiger partial charge in [0, 0.05) is 73.8 Å². The van der Waals surface area contributed by atoms with E-state index in [1.54, 1.807) is 118 Å². The molecule has 1 unspecified atom stereocenters. The fourth-order valence-electron chi connectivity index (χ4n) is 2.23. The van der Waals surface area contributed by atoms with Crippen LogP contribution in [-0.2, 0) is 34.9 Å². The van der Waals surface area contributed by atoms with Crippen LogP contribution in [0, 0.1) is 0 Å². The second-order valence-corrected chi connectivity index (χ2v) is 27.1. The zero-order valence-corrected chi connectivity index (χ0v) is 38.3. The van der Waals surface area contributed by atoms with Crippen LogP contribution in [0.15, 0.2) is 0 Å². The van der Waals surface area contributed by atoms with Crippen LogP contribution in [0.5, 0.6) is 0 Å². The summed E-state index contributed by atoms with van der Waals surface area (Å²) in [5, 5.41) is 26.1. The molecule has 0 aliphatic rings. The molecule has 0 spiro atoms. The van der Waals surface area contributed by atoms with Crippen molar-refractivity contribution in [2.45, 2.75) is 6.42 Å². The summed E-state index contributed by atoms with van der Waals surface area (Å²) in [6, 6.07) is 0. The second kappa shape index (κ2) is 44.4. The van der Waals surface area contributed by atoms with Crippen molar-refractivity contribution in [3.05, 3.63) is 0 Å². The van der Waals surface area contributed by atoms with Gasteiger partial charge in [0.15, 0.2) is 5.12 Å². The highest BCUT2D eigenvalue weighted by Crippen LogP contribution is 2.24. The lowest BCUT2D eigenvalue weighted by Crippen LogP contribution is -2.10. The molecule has 0 aromatic carbocycles. The van der Waals surface area contributed by atoms with Gasteiger partial charge in [-0.25, -0.2) is 9.78 Å². The molecule has 0 saturated heterocycles. The monoisotopic (exact) mass is 942 g/mol. The number of carbonyl (C=O) groups is 2. The molecule has 0 aromatic heterocycles. The average molecular weight is 944 g/mol. The van der Waals surface area contributed by atoms with E-state index in [1.165, 1.54) is 35.3 Å². The summed E-state index contributed by atoms with van der Waals surface area (Å²) in [6.45, 7) is 0.996. The number of aliphatic hydroxyl groups is 2. The van der Waals surface area contributed by atoms with Crippen LogP contribution in [0.3, 0.4) is 0 Å². The Morgan fingerprint density at radius 3 is 1.87 bits per heavy atom. The fraction of sp³-hybridized carbons (Fsp3) is 0.917. The first kappa shape index (κ1) is 51.0. The van der Waals surface area contributed by atoms with E-state index in [1.807, 2.05) is 11.8 Å². The zero-order chi connectivity index (χ0) is 34.3. The maximum absolute atomic E-state index is 12.2. The van der Waals surface area contributed by atoms with Gasteiger partial charge in [0.05, 0.1) is 35.1 Å². The summed E-state index contributed by atoms with van der Waals surface area (Å²) >= 11 is 23.3. The molecule has 0 heterocycles. The van der Waals surface area contributed by atoms with Crippen LogP contribution in [0.1, 0.15) is 6.42 Å². The standard InChI is InChI=1S/C24H46O8S15/c25-10-38-13-33-4-1-2-31-32-12-40-18-42-17-37-9-24(28)46-21-44-19-43-20-45-22-47(29)7-6-35-15-41-16-36-8-23(27)30-3-5-34-14-39-11-26/h25-26H,1-22H2.